The molecule has 0 aromatic heterocycles. The third-order valence-corrected chi connectivity index (χ3v) is 3.68. The van der Waals surface area contributed by atoms with Crippen molar-refractivity contribution in [2.75, 3.05) is 11.4 Å². The van der Waals surface area contributed by atoms with E-state index in [9.17, 15) is 4.79 Å². The lowest BCUT2D eigenvalue weighted by Crippen LogP contribution is -2.44. The third kappa shape index (κ3) is 3.42. The highest BCUT2D eigenvalue weighted by molar-refractivity contribution is 6.05. The molecule has 2 aromatic rings. The molecule has 0 radical (unpaired) electrons. The number of anilines is 1. The number of benzene rings is 2. The van der Waals surface area contributed by atoms with E-state index in [1.807, 2.05) is 31.2 Å². The van der Waals surface area contributed by atoms with Crippen LogP contribution < -0.4 is 10.6 Å². The zero-order valence-corrected chi connectivity index (χ0v) is 13.0. The highest BCUT2D eigenvalue weighted by atomic mass is 16.2. The van der Waals surface area contributed by atoms with Crippen molar-refractivity contribution < 1.29 is 4.79 Å². The van der Waals surface area contributed by atoms with Crippen molar-refractivity contribution in [1.29, 1.82) is 0 Å². The summed E-state index contributed by atoms with van der Waals surface area (Å²) >= 11 is 0. The van der Waals surface area contributed by atoms with E-state index in [1.165, 1.54) is 0 Å². The minimum Gasteiger partial charge on any atom is -0.320 e. The average Bonchev–Trinajstić information content (AvgIpc) is 2.47. The number of nitrogens with zero attached hydrogens (tertiary/aromatic N) is 1. The van der Waals surface area contributed by atoms with Gasteiger partial charge < -0.3 is 10.6 Å². The quantitative estimate of drug-likeness (QED) is 0.912. The van der Waals surface area contributed by atoms with Crippen molar-refractivity contribution in [2.45, 2.75) is 33.2 Å². The Balaban J connectivity index is 2.38. The van der Waals surface area contributed by atoms with Gasteiger partial charge in [0.05, 0.1) is 11.7 Å². The predicted octanol–water partition coefficient (Wildman–Crippen LogP) is 3.57. The van der Waals surface area contributed by atoms with Crippen LogP contribution in [0.2, 0.25) is 0 Å². The van der Waals surface area contributed by atoms with Gasteiger partial charge in [-0.05, 0) is 30.7 Å². The molecular weight excluding hydrogens is 260 g/mol. The second kappa shape index (κ2) is 6.72. The maximum Gasteiger partial charge on any atom is 0.243 e. The lowest BCUT2D eigenvalue weighted by atomic mass is 10.0. The number of fused-ring (bicyclic) bond motifs is 1. The largest absolute Gasteiger partial charge is 0.320 e. The molecule has 2 N–H and O–H groups in total. The van der Waals surface area contributed by atoms with E-state index in [4.69, 9.17) is 5.73 Å². The topological polar surface area (TPSA) is 46.3 Å². The third-order valence-electron chi connectivity index (χ3n) is 3.68. The van der Waals surface area contributed by atoms with Gasteiger partial charge in [-0.15, -0.1) is 0 Å². The summed E-state index contributed by atoms with van der Waals surface area (Å²) in [5.74, 6) is 0.415. The van der Waals surface area contributed by atoms with Gasteiger partial charge in [-0.1, -0.05) is 50.2 Å². The Morgan fingerprint density at radius 2 is 1.81 bits per heavy atom. The molecule has 0 spiro atoms. The molecule has 2 rings (SSSR count). The van der Waals surface area contributed by atoms with E-state index < -0.39 is 6.04 Å². The van der Waals surface area contributed by atoms with Crippen molar-refractivity contribution in [1.82, 2.24) is 0 Å². The van der Waals surface area contributed by atoms with Crippen LogP contribution >= 0.6 is 0 Å². The average molecular weight is 284 g/mol. The van der Waals surface area contributed by atoms with Crippen LogP contribution in [0.4, 0.5) is 5.69 Å². The molecule has 0 aliphatic carbocycles. The Bertz CT molecular complexity index is 616. The summed E-state index contributed by atoms with van der Waals surface area (Å²) in [6.45, 7) is 6.78. The van der Waals surface area contributed by atoms with Gasteiger partial charge in [-0.2, -0.15) is 0 Å². The molecule has 0 saturated heterocycles. The number of hydrogen-bond donors (Lipinski definition) is 1. The SMILES string of the molecule is CCN(C(=O)[C@H](N)CC(C)C)c1cccc2ccccc12. The number of carbonyl (C=O) groups excluding carboxylic acids is 1. The fourth-order valence-corrected chi connectivity index (χ4v) is 2.70. The van der Waals surface area contributed by atoms with E-state index in [0.29, 0.717) is 18.9 Å². The Morgan fingerprint density at radius 1 is 1.14 bits per heavy atom. The molecule has 3 heteroatoms. The second-order valence-electron chi connectivity index (χ2n) is 5.82. The predicted molar refractivity (Wildman–Crippen MR) is 89.4 cm³/mol. The summed E-state index contributed by atoms with van der Waals surface area (Å²) < 4.78 is 0. The maximum atomic E-state index is 12.7. The Labute approximate surface area is 126 Å². The number of carbonyl (C=O) groups is 1. The summed E-state index contributed by atoms with van der Waals surface area (Å²) in [5, 5.41) is 2.23. The van der Waals surface area contributed by atoms with Gasteiger partial charge in [-0.3, -0.25) is 4.79 Å². The van der Waals surface area contributed by atoms with Crippen LogP contribution in [0.25, 0.3) is 10.8 Å². The van der Waals surface area contributed by atoms with Crippen LogP contribution in [0.5, 0.6) is 0 Å². The fraction of sp³-hybridized carbons (Fsp3) is 0.389. The first-order valence-corrected chi connectivity index (χ1v) is 7.59. The molecule has 112 valence electrons. The van der Waals surface area contributed by atoms with Crippen molar-refractivity contribution in [3.05, 3.63) is 42.5 Å². The molecule has 0 aliphatic heterocycles. The molecule has 0 saturated carbocycles. The summed E-state index contributed by atoms with van der Waals surface area (Å²) in [7, 11) is 0. The first-order valence-electron chi connectivity index (χ1n) is 7.59. The first kappa shape index (κ1) is 15.5. The molecule has 3 nitrogen and oxygen atoms in total. The van der Waals surface area contributed by atoms with Crippen LogP contribution in [0.15, 0.2) is 42.5 Å². The molecule has 21 heavy (non-hydrogen) atoms. The molecular formula is C18H24N2O. The molecule has 0 fully saturated rings. The standard InChI is InChI=1S/C18H24N2O/c1-4-20(18(21)16(19)12-13(2)3)17-11-7-9-14-8-5-6-10-15(14)17/h5-11,13,16H,4,12,19H2,1-3H3/t16-/m1/s1. The lowest BCUT2D eigenvalue weighted by molar-refractivity contribution is -0.120. The van der Waals surface area contributed by atoms with Crippen molar-refractivity contribution in [3.8, 4) is 0 Å². The monoisotopic (exact) mass is 284 g/mol. The highest BCUT2D eigenvalue weighted by Crippen LogP contribution is 2.27. The molecule has 0 aliphatic rings. The van der Waals surface area contributed by atoms with Gasteiger partial charge in [-0.25, -0.2) is 0 Å². The lowest BCUT2D eigenvalue weighted by Gasteiger charge is -2.26. The molecule has 0 unspecified atom stereocenters. The van der Waals surface area contributed by atoms with E-state index in [1.54, 1.807) is 4.90 Å². The van der Waals surface area contributed by atoms with Gasteiger partial charge in [0.25, 0.3) is 0 Å². The summed E-state index contributed by atoms with van der Waals surface area (Å²) in [6, 6.07) is 13.7. The summed E-state index contributed by atoms with van der Waals surface area (Å²) in [6.07, 6.45) is 0.708. The fourth-order valence-electron chi connectivity index (χ4n) is 2.70. The van der Waals surface area contributed by atoms with Crippen LogP contribution in [-0.4, -0.2) is 18.5 Å². The van der Waals surface area contributed by atoms with E-state index >= 15 is 0 Å². The minimum absolute atomic E-state index is 0.00236. The second-order valence-corrected chi connectivity index (χ2v) is 5.82. The van der Waals surface area contributed by atoms with Gasteiger partial charge in [0.1, 0.15) is 0 Å². The van der Waals surface area contributed by atoms with Crippen molar-refractivity contribution in [2.24, 2.45) is 11.7 Å². The van der Waals surface area contributed by atoms with E-state index in [0.717, 1.165) is 16.5 Å². The summed E-state index contributed by atoms with van der Waals surface area (Å²) in [5.41, 5.74) is 7.03. The van der Waals surface area contributed by atoms with Gasteiger partial charge in [0, 0.05) is 11.9 Å². The van der Waals surface area contributed by atoms with Crippen LogP contribution in [0.1, 0.15) is 27.2 Å². The van der Waals surface area contributed by atoms with Gasteiger partial charge in [0.15, 0.2) is 0 Å². The Hall–Kier alpha value is -1.87. The molecule has 0 bridgehead atoms. The number of nitrogens with two attached hydrogens (primary N) is 1. The molecule has 1 atom stereocenters. The first-order chi connectivity index (χ1) is 10.0. The normalized spacial score (nSPS) is 12.6. The molecule has 1 amide bonds. The van der Waals surface area contributed by atoms with E-state index in [-0.39, 0.29) is 5.91 Å². The molecule has 2 aromatic carbocycles. The number of hydrogen-bond acceptors (Lipinski definition) is 2. The number of likely N-dealkylation sites (N-methyl/N-ethyl adjacent to an activating group) is 1. The Kier molecular flexibility index (Phi) is 4.97. The van der Waals surface area contributed by atoms with Crippen LogP contribution in [0, 0.1) is 5.92 Å². The van der Waals surface area contributed by atoms with Crippen molar-refractivity contribution in [3.63, 3.8) is 0 Å². The zero-order chi connectivity index (χ0) is 15.4. The van der Waals surface area contributed by atoms with Gasteiger partial charge in [0.2, 0.25) is 5.91 Å². The number of amides is 1. The van der Waals surface area contributed by atoms with Crippen molar-refractivity contribution >= 4 is 22.4 Å². The van der Waals surface area contributed by atoms with Crippen LogP contribution in [-0.2, 0) is 4.79 Å². The molecule has 0 heterocycles. The highest BCUT2D eigenvalue weighted by Gasteiger charge is 2.23. The smallest absolute Gasteiger partial charge is 0.243 e. The van der Waals surface area contributed by atoms with Gasteiger partial charge >= 0.3 is 0 Å². The summed E-state index contributed by atoms with van der Waals surface area (Å²) in [4.78, 5) is 14.5. The number of rotatable bonds is 5. The van der Waals surface area contributed by atoms with E-state index in [2.05, 4.69) is 32.0 Å². The van der Waals surface area contributed by atoms with Crippen LogP contribution in [0.3, 0.4) is 0 Å². The zero-order valence-electron chi connectivity index (χ0n) is 13.0. The maximum absolute atomic E-state index is 12.7. The minimum atomic E-state index is -0.441. The Morgan fingerprint density at radius 3 is 2.48 bits per heavy atom.